The van der Waals surface area contributed by atoms with Crippen LogP contribution in [0.1, 0.15) is 38.1 Å². The Labute approximate surface area is 179 Å². The first kappa shape index (κ1) is 19.5. The highest BCUT2D eigenvalue weighted by atomic mass is 16.5. The van der Waals surface area contributed by atoms with E-state index in [-0.39, 0.29) is 22.4 Å². The van der Waals surface area contributed by atoms with Gasteiger partial charge < -0.3 is 9.30 Å². The minimum atomic E-state index is -0.243. The summed E-state index contributed by atoms with van der Waals surface area (Å²) in [5, 5.41) is 0.716. The van der Waals surface area contributed by atoms with Gasteiger partial charge in [-0.2, -0.15) is 0 Å². The van der Waals surface area contributed by atoms with Crippen molar-refractivity contribution in [2.75, 3.05) is 7.11 Å². The van der Waals surface area contributed by atoms with Crippen LogP contribution >= 0.6 is 0 Å². The van der Waals surface area contributed by atoms with Gasteiger partial charge >= 0.3 is 0 Å². The highest BCUT2D eigenvalue weighted by molar-refractivity contribution is 5.91. The molecule has 6 nitrogen and oxygen atoms in total. The zero-order valence-corrected chi connectivity index (χ0v) is 17.8. The molecule has 31 heavy (non-hydrogen) atoms. The highest BCUT2D eigenvalue weighted by Crippen LogP contribution is 2.32. The van der Waals surface area contributed by atoms with Crippen LogP contribution in [-0.4, -0.2) is 21.2 Å². The average Bonchev–Trinajstić information content (AvgIpc) is 2.82. The van der Waals surface area contributed by atoms with Gasteiger partial charge in [-0.05, 0) is 49.2 Å². The number of rotatable bonds is 3. The molecule has 0 spiro atoms. The number of nitrogens with zero attached hydrogens (tertiary/aromatic N) is 3. The summed E-state index contributed by atoms with van der Waals surface area (Å²) < 4.78 is 8.92. The van der Waals surface area contributed by atoms with Crippen LogP contribution in [0.15, 0.2) is 58.1 Å². The fourth-order valence-corrected chi connectivity index (χ4v) is 4.79. The van der Waals surface area contributed by atoms with Gasteiger partial charge in [-0.1, -0.05) is 31.4 Å². The molecule has 1 fully saturated rings. The summed E-state index contributed by atoms with van der Waals surface area (Å²) in [6.45, 7) is 0. The van der Waals surface area contributed by atoms with E-state index in [4.69, 9.17) is 9.72 Å². The third kappa shape index (κ3) is 3.14. The lowest BCUT2D eigenvalue weighted by molar-refractivity contribution is 0.348. The first-order valence-corrected chi connectivity index (χ1v) is 10.8. The molecule has 0 aliphatic heterocycles. The van der Waals surface area contributed by atoms with Gasteiger partial charge in [0, 0.05) is 24.0 Å². The monoisotopic (exact) mass is 415 g/mol. The highest BCUT2D eigenvalue weighted by Gasteiger charge is 2.25. The third-order valence-corrected chi connectivity index (χ3v) is 6.44. The van der Waals surface area contributed by atoms with E-state index in [0.717, 1.165) is 42.5 Å². The van der Waals surface area contributed by atoms with Crippen molar-refractivity contribution in [1.29, 1.82) is 0 Å². The Kier molecular flexibility index (Phi) is 4.85. The standard InChI is InChI=1S/C25H25N3O3/c1-27-20-11-7-6-10-19(20)22(29)21-24(27)26-23(16-12-14-18(31-2)15-13-16)28(25(21)30)17-8-4-3-5-9-17/h6-7,10-15,17H,3-5,8-9H2,1-2H3. The Morgan fingerprint density at radius 2 is 1.68 bits per heavy atom. The molecular weight excluding hydrogens is 390 g/mol. The zero-order chi connectivity index (χ0) is 21.5. The van der Waals surface area contributed by atoms with Crippen molar-refractivity contribution in [3.05, 3.63) is 69.1 Å². The molecule has 2 aromatic heterocycles. The number of para-hydroxylation sites is 1. The Morgan fingerprint density at radius 1 is 0.968 bits per heavy atom. The second-order valence-electron chi connectivity index (χ2n) is 8.23. The summed E-state index contributed by atoms with van der Waals surface area (Å²) in [6, 6.07) is 15.0. The molecule has 2 heterocycles. The van der Waals surface area contributed by atoms with Crippen molar-refractivity contribution in [2.24, 2.45) is 7.05 Å². The van der Waals surface area contributed by atoms with Crippen LogP contribution in [0, 0.1) is 0 Å². The number of benzene rings is 2. The van der Waals surface area contributed by atoms with Crippen LogP contribution in [0.3, 0.4) is 0 Å². The lowest BCUT2D eigenvalue weighted by atomic mass is 9.94. The van der Waals surface area contributed by atoms with Gasteiger partial charge in [0.1, 0.15) is 17.0 Å². The molecule has 0 radical (unpaired) electrons. The lowest BCUT2D eigenvalue weighted by Crippen LogP contribution is -2.32. The van der Waals surface area contributed by atoms with Gasteiger partial charge in [0.2, 0.25) is 5.43 Å². The van der Waals surface area contributed by atoms with Crippen molar-refractivity contribution in [3.63, 3.8) is 0 Å². The molecule has 0 saturated heterocycles. The van der Waals surface area contributed by atoms with Crippen molar-refractivity contribution in [1.82, 2.24) is 14.1 Å². The number of hydrogen-bond acceptors (Lipinski definition) is 4. The summed E-state index contributed by atoms with van der Waals surface area (Å²) in [4.78, 5) is 32.1. The topological polar surface area (TPSA) is 66.1 Å². The maximum absolute atomic E-state index is 13.8. The molecule has 1 aliphatic carbocycles. The van der Waals surface area contributed by atoms with E-state index in [1.807, 2.05) is 54.1 Å². The Balaban J connectivity index is 1.89. The molecule has 1 saturated carbocycles. The molecule has 0 bridgehead atoms. The molecule has 1 aliphatic rings. The molecule has 0 atom stereocenters. The predicted molar refractivity (Wildman–Crippen MR) is 123 cm³/mol. The van der Waals surface area contributed by atoms with Crippen molar-refractivity contribution in [3.8, 4) is 17.1 Å². The second-order valence-corrected chi connectivity index (χ2v) is 8.23. The number of hydrogen-bond donors (Lipinski definition) is 0. The van der Waals surface area contributed by atoms with E-state index >= 15 is 0 Å². The molecule has 158 valence electrons. The summed E-state index contributed by atoms with van der Waals surface area (Å²) in [7, 11) is 3.49. The number of ether oxygens (including phenoxy) is 1. The number of pyridine rings is 1. The maximum Gasteiger partial charge on any atom is 0.267 e. The molecule has 0 unspecified atom stereocenters. The molecule has 5 rings (SSSR count). The van der Waals surface area contributed by atoms with E-state index in [1.54, 1.807) is 17.7 Å². The molecule has 0 amide bonds. The molecular formula is C25H25N3O3. The molecule has 2 aromatic carbocycles. The Morgan fingerprint density at radius 3 is 2.39 bits per heavy atom. The number of methoxy groups -OCH3 is 1. The smallest absolute Gasteiger partial charge is 0.267 e. The number of aryl methyl sites for hydroxylation is 1. The second kappa shape index (κ2) is 7.69. The maximum atomic E-state index is 13.8. The van der Waals surface area contributed by atoms with Gasteiger partial charge in [0.25, 0.3) is 5.56 Å². The average molecular weight is 415 g/mol. The fraction of sp³-hybridized carbons (Fsp3) is 0.320. The van der Waals surface area contributed by atoms with E-state index < -0.39 is 0 Å². The van der Waals surface area contributed by atoms with Crippen molar-refractivity contribution < 1.29 is 4.74 Å². The van der Waals surface area contributed by atoms with Crippen LogP contribution in [0.25, 0.3) is 33.3 Å². The van der Waals surface area contributed by atoms with E-state index in [2.05, 4.69) is 0 Å². The Hall–Kier alpha value is -3.41. The minimum Gasteiger partial charge on any atom is -0.497 e. The third-order valence-electron chi connectivity index (χ3n) is 6.44. The van der Waals surface area contributed by atoms with Crippen LogP contribution < -0.4 is 15.7 Å². The van der Waals surface area contributed by atoms with Crippen molar-refractivity contribution in [2.45, 2.75) is 38.1 Å². The number of fused-ring (bicyclic) bond motifs is 2. The Bertz CT molecular complexity index is 1390. The summed E-state index contributed by atoms with van der Waals surface area (Å²) >= 11 is 0. The normalized spacial score (nSPS) is 14.9. The van der Waals surface area contributed by atoms with Crippen LogP contribution in [0.5, 0.6) is 5.75 Å². The van der Waals surface area contributed by atoms with E-state index in [0.29, 0.717) is 16.9 Å². The van der Waals surface area contributed by atoms with Gasteiger partial charge in [-0.25, -0.2) is 4.98 Å². The first-order chi connectivity index (χ1) is 15.1. The zero-order valence-electron chi connectivity index (χ0n) is 17.8. The lowest BCUT2D eigenvalue weighted by Gasteiger charge is -2.27. The van der Waals surface area contributed by atoms with Crippen LogP contribution in [-0.2, 0) is 7.05 Å². The number of aromatic nitrogens is 3. The van der Waals surface area contributed by atoms with Crippen LogP contribution in [0.2, 0.25) is 0 Å². The first-order valence-electron chi connectivity index (χ1n) is 10.8. The van der Waals surface area contributed by atoms with E-state index in [1.165, 1.54) is 6.42 Å². The van der Waals surface area contributed by atoms with E-state index in [9.17, 15) is 9.59 Å². The summed E-state index contributed by atoms with van der Waals surface area (Å²) in [6.07, 6.45) is 5.17. The predicted octanol–water partition coefficient (Wildman–Crippen LogP) is 4.43. The molecule has 6 heteroatoms. The SMILES string of the molecule is COc1ccc(-c2nc3c(c(=O)c4ccccc4n3C)c(=O)n2C2CCCCC2)cc1. The summed E-state index contributed by atoms with van der Waals surface area (Å²) in [5.74, 6) is 1.35. The van der Waals surface area contributed by atoms with Crippen LogP contribution in [0.4, 0.5) is 0 Å². The summed E-state index contributed by atoms with van der Waals surface area (Å²) in [5.41, 5.74) is 1.54. The molecule has 4 aromatic rings. The van der Waals surface area contributed by atoms with Crippen molar-refractivity contribution >= 4 is 21.9 Å². The van der Waals surface area contributed by atoms with Gasteiger partial charge in [0.15, 0.2) is 5.65 Å². The molecule has 0 N–H and O–H groups in total. The largest absolute Gasteiger partial charge is 0.497 e. The van der Waals surface area contributed by atoms with Gasteiger partial charge in [-0.15, -0.1) is 0 Å². The fourth-order valence-electron chi connectivity index (χ4n) is 4.79. The quantitative estimate of drug-likeness (QED) is 0.464. The van der Waals surface area contributed by atoms with Gasteiger partial charge in [-0.3, -0.25) is 14.2 Å². The van der Waals surface area contributed by atoms with Gasteiger partial charge in [0.05, 0.1) is 12.6 Å². The minimum absolute atomic E-state index is 0.0476.